The molecule has 1 amide bonds. The molecule has 2 saturated heterocycles. The SMILES string of the molecule is CC(C)(C)OC(=O)N1CCN(C2CCN(S(=O)(=O)c3ccccc3Br)CC2)CC1. The van der Waals surface area contributed by atoms with Gasteiger partial charge in [-0.3, -0.25) is 4.90 Å². The Hall–Kier alpha value is -1.16. The van der Waals surface area contributed by atoms with Gasteiger partial charge in [-0.25, -0.2) is 13.2 Å². The van der Waals surface area contributed by atoms with Gasteiger partial charge in [-0.05, 0) is 61.7 Å². The molecule has 162 valence electrons. The number of carbonyl (C=O) groups excluding carboxylic acids is 1. The van der Waals surface area contributed by atoms with Gasteiger partial charge in [0.1, 0.15) is 5.60 Å². The van der Waals surface area contributed by atoms with E-state index in [2.05, 4.69) is 20.8 Å². The predicted octanol–water partition coefficient (Wildman–Crippen LogP) is 3.15. The maximum atomic E-state index is 12.9. The Kier molecular flexibility index (Phi) is 6.92. The molecule has 0 spiro atoms. The lowest BCUT2D eigenvalue weighted by atomic mass is 10.0. The van der Waals surface area contributed by atoms with Crippen LogP contribution in [0.5, 0.6) is 0 Å². The zero-order chi connectivity index (χ0) is 21.2. The van der Waals surface area contributed by atoms with E-state index >= 15 is 0 Å². The van der Waals surface area contributed by atoms with Crippen LogP contribution < -0.4 is 0 Å². The first-order valence-electron chi connectivity index (χ1n) is 10.0. The number of ether oxygens (including phenoxy) is 1. The van der Waals surface area contributed by atoms with Gasteiger partial charge >= 0.3 is 6.09 Å². The van der Waals surface area contributed by atoms with Crippen molar-refractivity contribution in [2.45, 2.75) is 50.2 Å². The van der Waals surface area contributed by atoms with Crippen LogP contribution in [0.3, 0.4) is 0 Å². The molecule has 2 aliphatic rings. The lowest BCUT2D eigenvalue weighted by Gasteiger charge is -2.42. The second kappa shape index (κ2) is 8.91. The molecular formula is C20H30BrN3O4S. The van der Waals surface area contributed by atoms with Crippen LogP contribution in [0, 0.1) is 0 Å². The second-order valence-corrected chi connectivity index (χ2v) is 11.3. The minimum Gasteiger partial charge on any atom is -0.444 e. The van der Waals surface area contributed by atoms with Crippen LogP contribution in [-0.2, 0) is 14.8 Å². The maximum Gasteiger partial charge on any atom is 0.410 e. The van der Waals surface area contributed by atoms with E-state index in [4.69, 9.17) is 4.74 Å². The fourth-order valence-corrected chi connectivity index (χ4v) is 6.27. The second-order valence-electron chi connectivity index (χ2n) is 8.57. The first kappa shape index (κ1) is 22.5. The summed E-state index contributed by atoms with van der Waals surface area (Å²) in [5.74, 6) is 0. The number of hydrogen-bond donors (Lipinski definition) is 0. The summed E-state index contributed by atoms with van der Waals surface area (Å²) in [6.45, 7) is 9.52. The highest BCUT2D eigenvalue weighted by molar-refractivity contribution is 9.10. The molecule has 0 N–H and O–H groups in total. The molecule has 2 fully saturated rings. The van der Waals surface area contributed by atoms with Crippen LogP contribution in [0.2, 0.25) is 0 Å². The zero-order valence-electron chi connectivity index (χ0n) is 17.3. The molecule has 2 heterocycles. The zero-order valence-corrected chi connectivity index (χ0v) is 19.7. The largest absolute Gasteiger partial charge is 0.444 e. The van der Waals surface area contributed by atoms with E-state index < -0.39 is 15.6 Å². The number of piperazine rings is 1. The lowest BCUT2D eigenvalue weighted by molar-refractivity contribution is 0.00747. The Labute approximate surface area is 182 Å². The van der Waals surface area contributed by atoms with Gasteiger partial charge in [-0.15, -0.1) is 0 Å². The van der Waals surface area contributed by atoms with E-state index in [0.29, 0.717) is 41.6 Å². The summed E-state index contributed by atoms with van der Waals surface area (Å²) in [5, 5.41) is 0. The summed E-state index contributed by atoms with van der Waals surface area (Å²) in [4.78, 5) is 16.7. The van der Waals surface area contributed by atoms with Gasteiger partial charge < -0.3 is 9.64 Å². The van der Waals surface area contributed by atoms with Crippen LogP contribution >= 0.6 is 15.9 Å². The van der Waals surface area contributed by atoms with Crippen molar-refractivity contribution in [3.8, 4) is 0 Å². The van der Waals surface area contributed by atoms with Crippen molar-refractivity contribution in [1.82, 2.24) is 14.1 Å². The Morgan fingerprint density at radius 3 is 2.17 bits per heavy atom. The van der Waals surface area contributed by atoms with E-state index in [1.54, 1.807) is 27.4 Å². The van der Waals surface area contributed by atoms with Crippen LogP contribution in [0.4, 0.5) is 4.79 Å². The summed E-state index contributed by atoms with van der Waals surface area (Å²) >= 11 is 3.35. The van der Waals surface area contributed by atoms with Gasteiger partial charge in [-0.1, -0.05) is 12.1 Å². The van der Waals surface area contributed by atoms with E-state index in [1.807, 2.05) is 26.8 Å². The molecule has 0 atom stereocenters. The molecule has 1 aromatic carbocycles. The summed E-state index contributed by atoms with van der Waals surface area (Å²) in [6.07, 6.45) is 1.35. The topological polar surface area (TPSA) is 70.2 Å². The lowest BCUT2D eigenvalue weighted by Crippen LogP contribution is -2.55. The van der Waals surface area contributed by atoms with Crippen LogP contribution in [0.15, 0.2) is 33.6 Å². The van der Waals surface area contributed by atoms with Crippen molar-refractivity contribution >= 4 is 32.0 Å². The number of halogens is 1. The van der Waals surface area contributed by atoms with Crippen molar-refractivity contribution in [1.29, 1.82) is 0 Å². The first-order valence-corrected chi connectivity index (χ1v) is 12.3. The van der Waals surface area contributed by atoms with Crippen molar-refractivity contribution in [2.24, 2.45) is 0 Å². The fourth-order valence-electron chi connectivity index (χ4n) is 3.84. The molecular weight excluding hydrogens is 458 g/mol. The van der Waals surface area contributed by atoms with Gasteiger partial charge in [-0.2, -0.15) is 4.31 Å². The summed E-state index contributed by atoms with van der Waals surface area (Å²) in [7, 11) is -3.49. The third-order valence-corrected chi connectivity index (χ3v) is 8.27. The molecule has 0 saturated carbocycles. The third kappa shape index (κ3) is 5.51. The quantitative estimate of drug-likeness (QED) is 0.654. The summed E-state index contributed by atoms with van der Waals surface area (Å²) < 4.78 is 33.5. The standard InChI is InChI=1S/C20H30BrN3O4S/c1-20(2,3)28-19(25)23-14-12-22(13-15-23)16-8-10-24(11-9-16)29(26,27)18-7-5-4-6-17(18)21/h4-7,16H,8-15H2,1-3H3. The Morgan fingerprint density at radius 2 is 1.62 bits per heavy atom. The maximum absolute atomic E-state index is 12.9. The van der Waals surface area contributed by atoms with Gasteiger partial charge in [0, 0.05) is 49.8 Å². The van der Waals surface area contributed by atoms with Crippen molar-refractivity contribution in [3.05, 3.63) is 28.7 Å². The molecule has 3 rings (SSSR count). The van der Waals surface area contributed by atoms with Gasteiger partial charge in [0.15, 0.2) is 0 Å². The molecule has 0 aromatic heterocycles. The highest BCUT2D eigenvalue weighted by Gasteiger charge is 2.34. The summed E-state index contributed by atoms with van der Waals surface area (Å²) in [6, 6.07) is 7.30. The average molecular weight is 488 g/mol. The Bertz CT molecular complexity index is 824. The molecule has 2 aliphatic heterocycles. The van der Waals surface area contributed by atoms with Crippen LogP contribution in [0.25, 0.3) is 0 Å². The minimum atomic E-state index is -3.49. The predicted molar refractivity (Wildman–Crippen MR) is 115 cm³/mol. The summed E-state index contributed by atoms with van der Waals surface area (Å²) in [5.41, 5.74) is -0.486. The first-order chi connectivity index (χ1) is 13.6. The monoisotopic (exact) mass is 487 g/mol. The highest BCUT2D eigenvalue weighted by Crippen LogP contribution is 2.28. The number of rotatable bonds is 3. The number of nitrogens with zero attached hydrogens (tertiary/aromatic N) is 3. The number of piperidine rings is 1. The molecule has 29 heavy (non-hydrogen) atoms. The van der Waals surface area contributed by atoms with Crippen LogP contribution in [0.1, 0.15) is 33.6 Å². The van der Waals surface area contributed by atoms with E-state index in [9.17, 15) is 13.2 Å². The van der Waals surface area contributed by atoms with Crippen molar-refractivity contribution < 1.29 is 17.9 Å². The molecule has 7 nitrogen and oxygen atoms in total. The van der Waals surface area contributed by atoms with Crippen LogP contribution in [-0.4, -0.2) is 79.5 Å². The Balaban J connectivity index is 1.52. The molecule has 9 heteroatoms. The van der Waals surface area contributed by atoms with E-state index in [1.165, 1.54) is 0 Å². The fraction of sp³-hybridized carbons (Fsp3) is 0.650. The smallest absolute Gasteiger partial charge is 0.410 e. The highest BCUT2D eigenvalue weighted by atomic mass is 79.9. The van der Waals surface area contributed by atoms with E-state index in [0.717, 1.165) is 25.9 Å². The Morgan fingerprint density at radius 1 is 1.03 bits per heavy atom. The molecule has 1 aromatic rings. The molecule has 0 bridgehead atoms. The molecule has 0 aliphatic carbocycles. The number of benzene rings is 1. The average Bonchev–Trinajstić information content (AvgIpc) is 2.67. The minimum absolute atomic E-state index is 0.258. The normalized spacial score (nSPS) is 20.6. The van der Waals surface area contributed by atoms with Gasteiger partial charge in [0.2, 0.25) is 10.0 Å². The number of sulfonamides is 1. The molecule has 0 unspecified atom stereocenters. The van der Waals surface area contributed by atoms with Crippen molar-refractivity contribution in [3.63, 3.8) is 0 Å². The number of amides is 1. The van der Waals surface area contributed by atoms with Gasteiger partial charge in [0.25, 0.3) is 0 Å². The van der Waals surface area contributed by atoms with Gasteiger partial charge in [0.05, 0.1) is 4.90 Å². The van der Waals surface area contributed by atoms with Crippen molar-refractivity contribution in [2.75, 3.05) is 39.3 Å². The third-order valence-electron chi connectivity index (χ3n) is 5.36. The molecule has 0 radical (unpaired) electrons. The number of carbonyl (C=O) groups is 1. The number of hydrogen-bond acceptors (Lipinski definition) is 5. The van der Waals surface area contributed by atoms with E-state index in [-0.39, 0.29) is 6.09 Å².